The van der Waals surface area contributed by atoms with Gasteiger partial charge in [-0.25, -0.2) is 0 Å². The Labute approximate surface area is 61.6 Å². The van der Waals surface area contributed by atoms with Gasteiger partial charge in [-0.1, -0.05) is 13.3 Å². The topological polar surface area (TPSA) is 26.3 Å². The average molecular weight is 142 g/mol. The summed E-state index contributed by atoms with van der Waals surface area (Å²) in [5.41, 5.74) is 0. The fourth-order valence-electron chi connectivity index (χ4n) is 1.43. The zero-order chi connectivity index (χ0) is 7.40. The first kappa shape index (κ1) is 7.58. The van der Waals surface area contributed by atoms with Crippen molar-refractivity contribution in [2.45, 2.75) is 26.2 Å². The highest BCUT2D eigenvalue weighted by Gasteiger charge is 2.34. The molecule has 0 amide bonds. The summed E-state index contributed by atoms with van der Waals surface area (Å²) in [6, 6.07) is 0. The van der Waals surface area contributed by atoms with Crippen molar-refractivity contribution in [3.8, 4) is 0 Å². The van der Waals surface area contributed by atoms with Gasteiger partial charge in [0.15, 0.2) is 0 Å². The van der Waals surface area contributed by atoms with Crippen molar-refractivity contribution in [3.63, 3.8) is 0 Å². The van der Waals surface area contributed by atoms with Crippen molar-refractivity contribution in [3.05, 3.63) is 0 Å². The summed E-state index contributed by atoms with van der Waals surface area (Å²) in [5, 5.41) is 0. The summed E-state index contributed by atoms with van der Waals surface area (Å²) in [5.74, 6) is 1.78. The third kappa shape index (κ3) is 2.01. The van der Waals surface area contributed by atoms with Crippen LogP contribution in [0.5, 0.6) is 0 Å². The molecule has 2 nitrogen and oxygen atoms in total. The molecule has 2 atom stereocenters. The predicted molar refractivity (Wildman–Crippen MR) is 38.5 cm³/mol. The molecule has 0 aliphatic heterocycles. The molecule has 0 radical (unpaired) electrons. The third-order valence-corrected chi connectivity index (χ3v) is 2.27. The minimum Gasteiger partial charge on any atom is -0.468 e. The van der Waals surface area contributed by atoms with Crippen LogP contribution in [0.2, 0.25) is 0 Å². The molecular formula is C8H14O2. The van der Waals surface area contributed by atoms with Crippen LogP contribution < -0.4 is 0 Å². The normalized spacial score (nSPS) is 29.7. The fraction of sp³-hybridized carbons (Fsp3) is 0.875. The molecule has 1 aliphatic rings. The Morgan fingerprint density at radius 1 is 1.60 bits per heavy atom. The Bertz CT molecular complexity index is 112. The van der Waals surface area contributed by atoms with Crippen molar-refractivity contribution in [2.24, 2.45) is 11.8 Å². The monoisotopic (exact) mass is 142 g/mol. The molecule has 0 aromatic carbocycles. The highest BCUT2D eigenvalue weighted by atomic mass is 16.5. The highest BCUT2D eigenvalue weighted by Crippen LogP contribution is 2.43. The Hall–Kier alpha value is -0.530. The zero-order valence-electron chi connectivity index (χ0n) is 6.38. The Morgan fingerprint density at radius 3 is 2.90 bits per heavy atom. The summed E-state index contributed by atoms with van der Waals surface area (Å²) in [7, 11) is 0. The van der Waals surface area contributed by atoms with Crippen LogP contribution in [0, 0.1) is 11.8 Å². The van der Waals surface area contributed by atoms with E-state index in [9.17, 15) is 4.79 Å². The van der Waals surface area contributed by atoms with E-state index >= 15 is 0 Å². The minimum absolute atomic E-state index is 0.531. The van der Waals surface area contributed by atoms with Crippen LogP contribution in [0.3, 0.4) is 0 Å². The zero-order valence-corrected chi connectivity index (χ0v) is 6.38. The minimum atomic E-state index is 0.531. The van der Waals surface area contributed by atoms with Gasteiger partial charge in [0.05, 0.1) is 6.61 Å². The van der Waals surface area contributed by atoms with E-state index in [2.05, 4.69) is 11.7 Å². The SMILES string of the molecule is CCC1CC1CCOC=O. The first-order valence-electron chi connectivity index (χ1n) is 3.93. The van der Waals surface area contributed by atoms with Gasteiger partial charge in [-0.05, 0) is 24.7 Å². The average Bonchev–Trinajstić information content (AvgIpc) is 2.68. The Morgan fingerprint density at radius 2 is 2.40 bits per heavy atom. The molecule has 2 heteroatoms. The standard InChI is InChI=1S/C8H14O2/c1-2-7-5-8(7)3-4-10-6-9/h6-8H,2-5H2,1H3. The molecule has 0 heterocycles. The van der Waals surface area contributed by atoms with Crippen molar-refractivity contribution >= 4 is 6.47 Å². The lowest BCUT2D eigenvalue weighted by Gasteiger charge is -1.95. The molecule has 1 fully saturated rings. The molecule has 2 unspecified atom stereocenters. The number of carbonyl (C=O) groups excluding carboxylic acids is 1. The van der Waals surface area contributed by atoms with Crippen molar-refractivity contribution in [1.29, 1.82) is 0 Å². The number of hydrogen-bond donors (Lipinski definition) is 0. The molecule has 1 rings (SSSR count). The van der Waals surface area contributed by atoms with E-state index in [1.807, 2.05) is 0 Å². The van der Waals surface area contributed by atoms with Gasteiger partial charge >= 0.3 is 0 Å². The van der Waals surface area contributed by atoms with Gasteiger partial charge in [0.1, 0.15) is 0 Å². The van der Waals surface area contributed by atoms with Crippen LogP contribution in [0.1, 0.15) is 26.2 Å². The second-order valence-corrected chi connectivity index (χ2v) is 2.92. The lowest BCUT2D eigenvalue weighted by Crippen LogP contribution is -1.93. The smallest absolute Gasteiger partial charge is 0.293 e. The molecule has 0 aromatic heterocycles. The summed E-state index contributed by atoms with van der Waals surface area (Å²) in [4.78, 5) is 9.74. The van der Waals surface area contributed by atoms with Crippen LogP contribution in [0.25, 0.3) is 0 Å². The van der Waals surface area contributed by atoms with Crippen LogP contribution in [0.15, 0.2) is 0 Å². The summed E-state index contributed by atoms with van der Waals surface area (Å²) in [6.07, 6.45) is 3.70. The van der Waals surface area contributed by atoms with E-state index in [4.69, 9.17) is 0 Å². The molecule has 58 valence electrons. The van der Waals surface area contributed by atoms with E-state index in [0.29, 0.717) is 13.1 Å². The molecule has 0 bridgehead atoms. The van der Waals surface area contributed by atoms with Gasteiger partial charge in [0.2, 0.25) is 0 Å². The van der Waals surface area contributed by atoms with Crippen molar-refractivity contribution < 1.29 is 9.53 Å². The summed E-state index contributed by atoms with van der Waals surface area (Å²) < 4.78 is 4.60. The number of hydrogen-bond acceptors (Lipinski definition) is 2. The third-order valence-electron chi connectivity index (χ3n) is 2.27. The van der Waals surface area contributed by atoms with E-state index in [1.54, 1.807) is 0 Å². The van der Waals surface area contributed by atoms with E-state index in [0.717, 1.165) is 18.3 Å². The Kier molecular flexibility index (Phi) is 2.72. The first-order chi connectivity index (χ1) is 4.88. The number of carbonyl (C=O) groups is 1. The second kappa shape index (κ2) is 3.59. The summed E-state index contributed by atoms with van der Waals surface area (Å²) >= 11 is 0. The molecule has 0 saturated heterocycles. The van der Waals surface area contributed by atoms with Gasteiger partial charge in [-0.2, -0.15) is 0 Å². The summed E-state index contributed by atoms with van der Waals surface area (Å²) in [6.45, 7) is 3.36. The molecule has 10 heavy (non-hydrogen) atoms. The van der Waals surface area contributed by atoms with Crippen molar-refractivity contribution in [1.82, 2.24) is 0 Å². The Balaban J connectivity index is 1.91. The van der Waals surface area contributed by atoms with E-state index in [1.165, 1.54) is 12.8 Å². The van der Waals surface area contributed by atoms with Gasteiger partial charge < -0.3 is 4.74 Å². The number of rotatable bonds is 5. The number of ether oxygens (including phenoxy) is 1. The molecular weight excluding hydrogens is 128 g/mol. The quantitative estimate of drug-likeness (QED) is 0.430. The van der Waals surface area contributed by atoms with Gasteiger partial charge in [0.25, 0.3) is 6.47 Å². The lowest BCUT2D eigenvalue weighted by atomic mass is 10.2. The molecule has 1 aliphatic carbocycles. The van der Waals surface area contributed by atoms with Crippen LogP contribution in [-0.2, 0) is 9.53 Å². The lowest BCUT2D eigenvalue weighted by molar-refractivity contribution is -0.128. The van der Waals surface area contributed by atoms with Gasteiger partial charge in [0, 0.05) is 0 Å². The predicted octanol–water partition coefficient (Wildman–Crippen LogP) is 1.60. The molecule has 0 aromatic rings. The van der Waals surface area contributed by atoms with Gasteiger partial charge in [-0.15, -0.1) is 0 Å². The maximum absolute atomic E-state index is 9.74. The second-order valence-electron chi connectivity index (χ2n) is 2.92. The molecule has 0 spiro atoms. The first-order valence-corrected chi connectivity index (χ1v) is 3.93. The highest BCUT2D eigenvalue weighted by molar-refractivity contribution is 5.36. The van der Waals surface area contributed by atoms with E-state index < -0.39 is 0 Å². The maximum Gasteiger partial charge on any atom is 0.293 e. The van der Waals surface area contributed by atoms with Gasteiger partial charge in [-0.3, -0.25) is 4.79 Å². The van der Waals surface area contributed by atoms with Crippen molar-refractivity contribution in [2.75, 3.05) is 6.61 Å². The fourth-order valence-corrected chi connectivity index (χ4v) is 1.43. The maximum atomic E-state index is 9.74. The molecule has 0 N–H and O–H groups in total. The van der Waals surface area contributed by atoms with Crippen LogP contribution in [0.4, 0.5) is 0 Å². The molecule has 1 saturated carbocycles. The van der Waals surface area contributed by atoms with Crippen LogP contribution in [-0.4, -0.2) is 13.1 Å². The van der Waals surface area contributed by atoms with Crippen LogP contribution >= 0.6 is 0 Å². The largest absolute Gasteiger partial charge is 0.468 e. The van der Waals surface area contributed by atoms with E-state index in [-0.39, 0.29) is 0 Å².